The van der Waals surface area contributed by atoms with Crippen molar-refractivity contribution in [3.05, 3.63) is 76.1 Å². The highest BCUT2D eigenvalue weighted by Gasteiger charge is 2.04. The maximum absolute atomic E-state index is 11.4. The minimum Gasteiger partial charge on any atom is -0.465 e. The third-order valence-corrected chi connectivity index (χ3v) is 5.68. The van der Waals surface area contributed by atoms with Gasteiger partial charge in [0.2, 0.25) is 0 Å². The number of benzene rings is 2. The molecule has 25 heavy (non-hydrogen) atoms. The average Bonchev–Trinajstić information content (AvgIpc) is 3.09. The molecule has 0 spiro atoms. The first-order chi connectivity index (χ1) is 12.1. The number of thiophene rings is 1. The number of ether oxygens (including phenoxy) is 1. The van der Waals surface area contributed by atoms with Crippen LogP contribution in [0.4, 0.5) is 5.69 Å². The number of rotatable bonds is 5. The molecule has 0 aliphatic rings. The molecule has 1 heterocycles. The Morgan fingerprint density at radius 3 is 2.48 bits per heavy atom. The minimum absolute atomic E-state index is 0.349. The van der Waals surface area contributed by atoms with E-state index in [-0.39, 0.29) is 5.97 Å². The third-order valence-electron chi connectivity index (χ3n) is 3.26. The summed E-state index contributed by atoms with van der Waals surface area (Å²) in [6.45, 7) is 0. The number of hydrogen-bond donors (Lipinski definition) is 0. The van der Waals surface area contributed by atoms with Crippen molar-refractivity contribution in [3.8, 4) is 0 Å². The first-order valence-corrected chi connectivity index (χ1v) is 9.41. The molecule has 3 aromatic rings. The molecule has 0 N–H and O–H groups in total. The molecule has 3 nitrogen and oxygen atoms in total. The summed E-state index contributed by atoms with van der Waals surface area (Å²) in [7, 11) is 1.37. The molecular formula is C19H14ClNO2S2. The van der Waals surface area contributed by atoms with Gasteiger partial charge in [0.25, 0.3) is 0 Å². The lowest BCUT2D eigenvalue weighted by Crippen LogP contribution is -1.99. The second kappa shape index (κ2) is 8.34. The first kappa shape index (κ1) is 17.7. The van der Waals surface area contributed by atoms with Crippen molar-refractivity contribution in [1.29, 1.82) is 0 Å². The van der Waals surface area contributed by atoms with Crippen molar-refractivity contribution >= 4 is 52.6 Å². The van der Waals surface area contributed by atoms with Crippen molar-refractivity contribution in [3.63, 3.8) is 0 Å². The molecule has 0 aliphatic carbocycles. The summed E-state index contributed by atoms with van der Waals surface area (Å²) in [6.07, 6.45) is 1.82. The zero-order valence-corrected chi connectivity index (χ0v) is 15.7. The number of hydrogen-bond acceptors (Lipinski definition) is 5. The van der Waals surface area contributed by atoms with E-state index in [0.717, 1.165) is 20.5 Å². The Hall–Kier alpha value is -2.08. The van der Waals surface area contributed by atoms with Crippen LogP contribution in [0.5, 0.6) is 0 Å². The Morgan fingerprint density at radius 2 is 1.80 bits per heavy atom. The predicted octanol–water partition coefficient (Wildman–Crippen LogP) is 6.09. The second-order valence-electron chi connectivity index (χ2n) is 5.01. The Morgan fingerprint density at radius 1 is 1.08 bits per heavy atom. The van der Waals surface area contributed by atoms with E-state index in [2.05, 4.69) is 15.8 Å². The summed E-state index contributed by atoms with van der Waals surface area (Å²) < 4.78 is 5.86. The molecule has 2 aromatic carbocycles. The van der Waals surface area contributed by atoms with Gasteiger partial charge in [0.05, 0.1) is 22.6 Å². The summed E-state index contributed by atoms with van der Waals surface area (Å²) in [5.74, 6) is -0.349. The molecule has 0 atom stereocenters. The normalized spacial score (nSPS) is 11.0. The summed E-state index contributed by atoms with van der Waals surface area (Å²) in [6, 6.07) is 18.9. The highest BCUT2D eigenvalue weighted by atomic mass is 35.5. The SMILES string of the molecule is COC(=O)c1ccc(N=Cc2ccc(Sc3ccc(Cl)cc3)s2)cc1. The summed E-state index contributed by atoms with van der Waals surface area (Å²) in [4.78, 5) is 18.1. The number of carbonyl (C=O) groups is 1. The molecule has 6 heteroatoms. The molecular weight excluding hydrogens is 374 g/mol. The monoisotopic (exact) mass is 387 g/mol. The van der Waals surface area contributed by atoms with Gasteiger partial charge in [-0.15, -0.1) is 11.3 Å². The van der Waals surface area contributed by atoms with Crippen LogP contribution in [0.25, 0.3) is 0 Å². The largest absolute Gasteiger partial charge is 0.465 e. The highest BCUT2D eigenvalue weighted by molar-refractivity contribution is 8.01. The van der Waals surface area contributed by atoms with Crippen molar-refractivity contribution in [1.82, 2.24) is 0 Å². The summed E-state index contributed by atoms with van der Waals surface area (Å²) in [5.41, 5.74) is 1.30. The van der Waals surface area contributed by atoms with Crippen LogP contribution in [0.15, 0.2) is 74.8 Å². The zero-order valence-electron chi connectivity index (χ0n) is 13.3. The van der Waals surface area contributed by atoms with Crippen molar-refractivity contribution in [2.75, 3.05) is 7.11 Å². The first-order valence-electron chi connectivity index (χ1n) is 7.40. The van der Waals surface area contributed by atoms with E-state index in [9.17, 15) is 4.79 Å². The van der Waals surface area contributed by atoms with Gasteiger partial charge < -0.3 is 4.74 Å². The summed E-state index contributed by atoms with van der Waals surface area (Å²) >= 11 is 9.27. The lowest BCUT2D eigenvalue weighted by molar-refractivity contribution is 0.0601. The number of esters is 1. The highest BCUT2D eigenvalue weighted by Crippen LogP contribution is 2.33. The summed E-state index contributed by atoms with van der Waals surface area (Å²) in [5, 5.41) is 0.738. The molecule has 1 aromatic heterocycles. The fraction of sp³-hybridized carbons (Fsp3) is 0.0526. The van der Waals surface area contributed by atoms with E-state index in [0.29, 0.717) is 5.56 Å². The van der Waals surface area contributed by atoms with Crippen molar-refractivity contribution < 1.29 is 9.53 Å². The van der Waals surface area contributed by atoms with Gasteiger partial charge >= 0.3 is 5.97 Å². The number of nitrogens with zero attached hydrogens (tertiary/aromatic N) is 1. The lowest BCUT2D eigenvalue weighted by atomic mass is 10.2. The van der Waals surface area contributed by atoms with Gasteiger partial charge in [-0.05, 0) is 60.7 Å². The molecule has 0 fully saturated rings. The average molecular weight is 388 g/mol. The van der Waals surface area contributed by atoms with E-state index in [1.165, 1.54) is 11.3 Å². The number of aliphatic imine (C=N–C) groups is 1. The van der Waals surface area contributed by atoms with Crippen LogP contribution in [0, 0.1) is 0 Å². The van der Waals surface area contributed by atoms with Crippen LogP contribution >= 0.6 is 34.7 Å². The molecule has 0 saturated carbocycles. The molecule has 0 saturated heterocycles. The Labute approximate surface area is 159 Å². The van der Waals surface area contributed by atoms with Gasteiger partial charge in [0, 0.05) is 21.0 Å². The lowest BCUT2D eigenvalue weighted by Gasteiger charge is -1.99. The standard InChI is InChI=1S/C19H14ClNO2S2/c1-23-19(22)13-2-6-15(7-3-13)21-12-17-10-11-18(25-17)24-16-8-4-14(20)5-9-16/h2-12H,1H3. The fourth-order valence-electron chi connectivity index (χ4n) is 2.02. The number of halogens is 1. The molecule has 0 unspecified atom stereocenters. The Kier molecular flexibility index (Phi) is 5.91. The van der Waals surface area contributed by atoms with Gasteiger partial charge in [-0.3, -0.25) is 4.99 Å². The Balaban J connectivity index is 1.65. The van der Waals surface area contributed by atoms with Crippen molar-refractivity contribution in [2.45, 2.75) is 9.10 Å². The fourth-order valence-corrected chi connectivity index (χ4v) is 4.14. The van der Waals surface area contributed by atoms with E-state index in [1.807, 2.05) is 36.5 Å². The predicted molar refractivity (Wildman–Crippen MR) is 105 cm³/mol. The van der Waals surface area contributed by atoms with Crippen LogP contribution in [-0.4, -0.2) is 19.3 Å². The van der Waals surface area contributed by atoms with Crippen LogP contribution < -0.4 is 0 Å². The smallest absolute Gasteiger partial charge is 0.337 e. The minimum atomic E-state index is -0.349. The number of methoxy groups -OCH3 is 1. The van der Waals surface area contributed by atoms with Crippen LogP contribution in [-0.2, 0) is 4.74 Å². The Bertz CT molecular complexity index is 887. The molecule has 126 valence electrons. The van der Waals surface area contributed by atoms with Crippen LogP contribution in [0.3, 0.4) is 0 Å². The molecule has 0 amide bonds. The zero-order chi connectivity index (χ0) is 17.6. The number of carbonyl (C=O) groups excluding carboxylic acids is 1. The van der Waals surface area contributed by atoms with Gasteiger partial charge in [0.1, 0.15) is 0 Å². The van der Waals surface area contributed by atoms with Gasteiger partial charge in [0.15, 0.2) is 0 Å². The van der Waals surface area contributed by atoms with Crippen LogP contribution in [0.2, 0.25) is 5.02 Å². The van der Waals surface area contributed by atoms with Gasteiger partial charge in [-0.2, -0.15) is 0 Å². The molecule has 3 rings (SSSR count). The second-order valence-corrected chi connectivity index (χ2v) is 7.94. The van der Waals surface area contributed by atoms with E-state index in [1.54, 1.807) is 47.4 Å². The van der Waals surface area contributed by atoms with E-state index in [4.69, 9.17) is 11.6 Å². The third kappa shape index (κ3) is 4.95. The van der Waals surface area contributed by atoms with Crippen molar-refractivity contribution in [2.24, 2.45) is 4.99 Å². The van der Waals surface area contributed by atoms with Crippen LogP contribution in [0.1, 0.15) is 15.2 Å². The van der Waals surface area contributed by atoms with E-state index < -0.39 is 0 Å². The molecule has 0 aliphatic heterocycles. The maximum Gasteiger partial charge on any atom is 0.337 e. The van der Waals surface area contributed by atoms with E-state index >= 15 is 0 Å². The topological polar surface area (TPSA) is 38.7 Å². The quantitative estimate of drug-likeness (QED) is 0.392. The van der Waals surface area contributed by atoms with Gasteiger partial charge in [-0.1, -0.05) is 23.4 Å². The molecule has 0 bridgehead atoms. The maximum atomic E-state index is 11.4. The van der Waals surface area contributed by atoms with Gasteiger partial charge in [-0.25, -0.2) is 4.79 Å². The molecule has 0 radical (unpaired) electrons.